The van der Waals surface area contributed by atoms with E-state index in [1.165, 1.54) is 19.3 Å². The lowest BCUT2D eigenvalue weighted by molar-refractivity contribution is -0.305. The van der Waals surface area contributed by atoms with Gasteiger partial charge in [-0.2, -0.15) is 0 Å². The van der Waals surface area contributed by atoms with Gasteiger partial charge in [-0.05, 0) is 77.0 Å². The first-order valence-corrected chi connectivity index (χ1v) is 20.0. The van der Waals surface area contributed by atoms with Crippen molar-refractivity contribution in [3.05, 3.63) is 72.9 Å². The first kappa shape index (κ1) is 47.7. The molecule has 0 aromatic rings. The predicted molar refractivity (Wildman–Crippen MR) is 210 cm³/mol. The SMILES string of the molecule is CC/C=C\C/C=C\C/C=C\CCCCCCCCOCC(COC1OC(CO)C(O)C(O)C1O)OC(=O)CCCCC/C=C\C/C=C\C/C=C\CC. The number of carbonyl (C=O) groups excluding carboxylic acids is 1. The van der Waals surface area contributed by atoms with Gasteiger partial charge in [0.1, 0.15) is 30.5 Å². The first-order valence-electron chi connectivity index (χ1n) is 20.0. The predicted octanol–water partition coefficient (Wildman–Crippen LogP) is 8.13. The van der Waals surface area contributed by atoms with Crippen molar-refractivity contribution in [2.75, 3.05) is 26.4 Å². The van der Waals surface area contributed by atoms with Crippen LogP contribution in [0.2, 0.25) is 0 Å². The van der Waals surface area contributed by atoms with E-state index >= 15 is 0 Å². The van der Waals surface area contributed by atoms with Crippen molar-refractivity contribution in [2.24, 2.45) is 0 Å². The molecule has 1 rings (SSSR count). The second kappa shape index (κ2) is 34.4. The number of rotatable bonds is 32. The minimum Gasteiger partial charge on any atom is -0.457 e. The fourth-order valence-electron chi connectivity index (χ4n) is 5.52. The number of allylic oxidation sites excluding steroid dienone is 12. The summed E-state index contributed by atoms with van der Waals surface area (Å²) in [6.45, 7) is 4.23. The number of esters is 1. The molecule has 0 amide bonds. The first-order chi connectivity index (χ1) is 25.4. The van der Waals surface area contributed by atoms with E-state index < -0.39 is 43.4 Å². The molecule has 9 nitrogen and oxygen atoms in total. The monoisotopic (exact) mass is 733 g/mol. The summed E-state index contributed by atoms with van der Waals surface area (Å²) in [5, 5.41) is 40.0. The number of aliphatic hydroxyl groups is 4. The normalized spacial score (nSPS) is 22.0. The van der Waals surface area contributed by atoms with E-state index in [0.29, 0.717) is 13.0 Å². The molecule has 298 valence electrons. The number of hydrogen-bond acceptors (Lipinski definition) is 9. The van der Waals surface area contributed by atoms with Crippen LogP contribution in [0.5, 0.6) is 0 Å². The van der Waals surface area contributed by atoms with Gasteiger partial charge in [0.05, 0.1) is 19.8 Å². The van der Waals surface area contributed by atoms with Crippen molar-refractivity contribution in [1.29, 1.82) is 0 Å². The van der Waals surface area contributed by atoms with Gasteiger partial charge in [-0.3, -0.25) is 4.79 Å². The summed E-state index contributed by atoms with van der Waals surface area (Å²) in [6, 6.07) is 0. The van der Waals surface area contributed by atoms with Crippen molar-refractivity contribution in [1.82, 2.24) is 0 Å². The molecule has 1 saturated heterocycles. The third-order valence-electron chi connectivity index (χ3n) is 8.62. The van der Waals surface area contributed by atoms with E-state index in [0.717, 1.165) is 83.5 Å². The highest BCUT2D eigenvalue weighted by Crippen LogP contribution is 2.22. The number of carbonyl (C=O) groups is 1. The smallest absolute Gasteiger partial charge is 0.306 e. The van der Waals surface area contributed by atoms with Crippen molar-refractivity contribution in [3.63, 3.8) is 0 Å². The largest absolute Gasteiger partial charge is 0.457 e. The van der Waals surface area contributed by atoms with Crippen molar-refractivity contribution < 1.29 is 44.2 Å². The molecule has 0 aliphatic carbocycles. The summed E-state index contributed by atoms with van der Waals surface area (Å²) < 4.78 is 22.7. The number of unbranched alkanes of at least 4 members (excludes halogenated alkanes) is 9. The minimum absolute atomic E-state index is 0.119. The zero-order chi connectivity index (χ0) is 37.9. The molecule has 4 N–H and O–H groups in total. The van der Waals surface area contributed by atoms with Crippen molar-refractivity contribution in [2.45, 2.75) is 166 Å². The highest BCUT2D eigenvalue weighted by Gasteiger charge is 2.44. The molecule has 1 fully saturated rings. The molecule has 0 aromatic carbocycles. The van der Waals surface area contributed by atoms with Crippen molar-refractivity contribution >= 4 is 5.97 Å². The summed E-state index contributed by atoms with van der Waals surface area (Å²) in [7, 11) is 0. The Morgan fingerprint density at radius 2 is 1.12 bits per heavy atom. The molecule has 0 bridgehead atoms. The van der Waals surface area contributed by atoms with Gasteiger partial charge in [0, 0.05) is 13.0 Å². The molecule has 0 radical (unpaired) electrons. The van der Waals surface area contributed by atoms with Crippen molar-refractivity contribution in [3.8, 4) is 0 Å². The Balaban J connectivity index is 2.35. The van der Waals surface area contributed by atoms with Crippen LogP contribution in [0.15, 0.2) is 72.9 Å². The zero-order valence-electron chi connectivity index (χ0n) is 32.3. The van der Waals surface area contributed by atoms with Gasteiger partial charge in [-0.15, -0.1) is 0 Å². The molecular formula is C43H72O9. The topological polar surface area (TPSA) is 135 Å². The van der Waals surface area contributed by atoms with E-state index in [9.17, 15) is 25.2 Å². The van der Waals surface area contributed by atoms with Gasteiger partial charge in [-0.1, -0.05) is 119 Å². The van der Waals surface area contributed by atoms with Crippen LogP contribution < -0.4 is 0 Å². The average Bonchev–Trinajstić information content (AvgIpc) is 3.14. The Hall–Kier alpha value is -2.37. The van der Waals surface area contributed by atoms with E-state index in [4.69, 9.17) is 18.9 Å². The standard InChI is InChI=1S/C43H72O9/c1-3-5-7-9-11-13-15-17-18-19-21-23-25-27-29-31-33-49-35-37(36-50-43-42(48)41(47)40(46)38(34-44)52-43)51-39(45)32-30-28-26-24-22-20-16-14-12-10-8-6-4-2/h5-8,11-14,17-18,20,22,37-38,40-44,46-48H,3-4,9-10,15-16,19,21,23-36H2,1-2H3/b7-5-,8-6-,13-11-,14-12-,18-17-,22-20-. The van der Waals surface area contributed by atoms with Crippen LogP contribution in [0.3, 0.4) is 0 Å². The average molecular weight is 733 g/mol. The Labute approximate surface area is 315 Å². The summed E-state index contributed by atoms with van der Waals surface area (Å²) >= 11 is 0. The van der Waals surface area contributed by atoms with Crippen LogP contribution in [-0.2, 0) is 23.7 Å². The highest BCUT2D eigenvalue weighted by molar-refractivity contribution is 5.69. The zero-order valence-corrected chi connectivity index (χ0v) is 32.3. The molecule has 0 spiro atoms. The van der Waals surface area contributed by atoms with Gasteiger partial charge < -0.3 is 39.4 Å². The fraction of sp³-hybridized carbons (Fsp3) is 0.698. The molecule has 52 heavy (non-hydrogen) atoms. The van der Waals surface area contributed by atoms with E-state index in [1.54, 1.807) is 0 Å². The molecule has 6 atom stereocenters. The Morgan fingerprint density at radius 3 is 1.67 bits per heavy atom. The van der Waals surface area contributed by atoms with Gasteiger partial charge in [-0.25, -0.2) is 0 Å². The van der Waals surface area contributed by atoms with Gasteiger partial charge in [0.15, 0.2) is 6.29 Å². The van der Waals surface area contributed by atoms with Crippen LogP contribution in [0.4, 0.5) is 0 Å². The Kier molecular flexibility index (Phi) is 31.5. The molecule has 0 saturated carbocycles. The highest BCUT2D eigenvalue weighted by atomic mass is 16.7. The third-order valence-corrected chi connectivity index (χ3v) is 8.62. The van der Waals surface area contributed by atoms with Crippen LogP contribution >= 0.6 is 0 Å². The van der Waals surface area contributed by atoms with E-state index in [2.05, 4.69) is 86.8 Å². The summed E-state index contributed by atoms with van der Waals surface area (Å²) in [6.07, 6.45) is 36.4. The lowest BCUT2D eigenvalue weighted by Gasteiger charge is -2.39. The lowest BCUT2D eigenvalue weighted by Crippen LogP contribution is -2.59. The summed E-state index contributed by atoms with van der Waals surface area (Å²) in [5.41, 5.74) is 0. The maximum atomic E-state index is 12.7. The van der Waals surface area contributed by atoms with Crippen LogP contribution in [0, 0.1) is 0 Å². The molecule has 0 aromatic heterocycles. The van der Waals surface area contributed by atoms with Gasteiger partial charge >= 0.3 is 5.97 Å². The van der Waals surface area contributed by atoms with Crippen LogP contribution in [-0.4, -0.2) is 89.6 Å². The van der Waals surface area contributed by atoms with E-state index in [-0.39, 0.29) is 25.6 Å². The number of aliphatic hydroxyl groups excluding tert-OH is 4. The maximum Gasteiger partial charge on any atom is 0.306 e. The second-order valence-corrected chi connectivity index (χ2v) is 13.3. The summed E-state index contributed by atoms with van der Waals surface area (Å²) in [5.74, 6) is -0.352. The maximum absolute atomic E-state index is 12.7. The molecule has 1 aliphatic rings. The molecular weight excluding hydrogens is 660 g/mol. The molecule has 6 unspecified atom stereocenters. The van der Waals surface area contributed by atoms with Gasteiger partial charge in [0.2, 0.25) is 0 Å². The molecule has 1 heterocycles. The van der Waals surface area contributed by atoms with Crippen LogP contribution in [0.25, 0.3) is 0 Å². The fourth-order valence-corrected chi connectivity index (χ4v) is 5.52. The third kappa shape index (κ3) is 25.6. The van der Waals surface area contributed by atoms with Gasteiger partial charge in [0.25, 0.3) is 0 Å². The quantitative estimate of drug-likeness (QED) is 0.0307. The second-order valence-electron chi connectivity index (χ2n) is 13.3. The Bertz CT molecular complexity index is 1020. The van der Waals surface area contributed by atoms with E-state index in [1.807, 2.05) is 0 Å². The molecule has 1 aliphatic heterocycles. The summed E-state index contributed by atoms with van der Waals surface area (Å²) in [4.78, 5) is 12.7. The minimum atomic E-state index is -1.55. The lowest BCUT2D eigenvalue weighted by atomic mass is 9.99. The number of hydrogen-bond donors (Lipinski definition) is 4. The Morgan fingerprint density at radius 1 is 0.615 bits per heavy atom. The number of ether oxygens (including phenoxy) is 4. The van der Waals surface area contributed by atoms with Crippen LogP contribution in [0.1, 0.15) is 129 Å². The molecule has 9 heteroatoms.